The molecule has 0 aliphatic heterocycles. The molecule has 0 aliphatic carbocycles. The van der Waals surface area contributed by atoms with E-state index in [-0.39, 0.29) is 0 Å². The smallest absolute Gasteiger partial charge is 0.0648 e. The highest BCUT2D eigenvalue weighted by Gasteiger charge is 2.03. The number of halogens is 1. The third-order valence-electron chi connectivity index (χ3n) is 3.03. The van der Waals surface area contributed by atoms with Crippen molar-refractivity contribution in [3.8, 4) is 16.8 Å². The lowest BCUT2D eigenvalue weighted by Crippen LogP contribution is -1.93. The van der Waals surface area contributed by atoms with Gasteiger partial charge in [0.05, 0.1) is 11.9 Å². The van der Waals surface area contributed by atoms with Crippen LogP contribution in [0.1, 0.15) is 5.56 Å². The van der Waals surface area contributed by atoms with E-state index in [4.69, 9.17) is 0 Å². The molecule has 2 aromatic carbocycles. The first kappa shape index (κ1) is 12.2. The van der Waals surface area contributed by atoms with E-state index >= 15 is 0 Å². The Morgan fingerprint density at radius 1 is 1.00 bits per heavy atom. The van der Waals surface area contributed by atoms with Crippen molar-refractivity contribution in [2.45, 2.75) is 6.92 Å². The molecule has 0 N–H and O–H groups in total. The molecule has 0 aliphatic rings. The minimum absolute atomic E-state index is 1.09. The van der Waals surface area contributed by atoms with Crippen molar-refractivity contribution in [2.75, 3.05) is 0 Å². The number of nitrogens with zero attached hydrogens (tertiary/aromatic N) is 2. The van der Waals surface area contributed by atoms with Gasteiger partial charge in [0.2, 0.25) is 0 Å². The molecule has 3 rings (SSSR count). The van der Waals surface area contributed by atoms with E-state index in [0.29, 0.717) is 0 Å². The van der Waals surface area contributed by atoms with E-state index in [9.17, 15) is 0 Å². The van der Waals surface area contributed by atoms with Gasteiger partial charge in [0, 0.05) is 16.2 Å². The number of rotatable bonds is 2. The first-order valence-electron chi connectivity index (χ1n) is 6.10. The van der Waals surface area contributed by atoms with Crippen LogP contribution in [0.3, 0.4) is 0 Å². The van der Waals surface area contributed by atoms with Crippen LogP contribution in [0.2, 0.25) is 0 Å². The van der Waals surface area contributed by atoms with E-state index in [0.717, 1.165) is 15.7 Å². The van der Waals surface area contributed by atoms with Crippen molar-refractivity contribution in [1.82, 2.24) is 9.78 Å². The summed E-state index contributed by atoms with van der Waals surface area (Å²) in [7, 11) is 0. The molecule has 0 unspecified atom stereocenters. The van der Waals surface area contributed by atoms with Crippen molar-refractivity contribution >= 4 is 15.9 Å². The Morgan fingerprint density at radius 2 is 1.79 bits per heavy atom. The van der Waals surface area contributed by atoms with Gasteiger partial charge < -0.3 is 0 Å². The Balaban J connectivity index is 1.97. The lowest BCUT2D eigenvalue weighted by atomic mass is 10.1. The van der Waals surface area contributed by atoms with E-state index in [1.165, 1.54) is 11.1 Å². The summed E-state index contributed by atoms with van der Waals surface area (Å²) >= 11 is 3.45. The molecule has 0 bridgehead atoms. The molecule has 3 aromatic rings. The maximum Gasteiger partial charge on any atom is 0.0648 e. The second-order valence-electron chi connectivity index (χ2n) is 4.52. The Labute approximate surface area is 120 Å². The summed E-state index contributed by atoms with van der Waals surface area (Å²) in [5.41, 5.74) is 4.61. The van der Waals surface area contributed by atoms with Gasteiger partial charge in [0.25, 0.3) is 0 Å². The van der Waals surface area contributed by atoms with Crippen LogP contribution in [-0.2, 0) is 0 Å². The molecule has 0 amide bonds. The predicted octanol–water partition coefficient (Wildman–Crippen LogP) is 4.61. The van der Waals surface area contributed by atoms with E-state index in [1.54, 1.807) is 0 Å². The topological polar surface area (TPSA) is 17.8 Å². The number of hydrogen-bond acceptors (Lipinski definition) is 1. The third-order valence-corrected chi connectivity index (χ3v) is 3.56. The molecule has 1 heterocycles. The SMILES string of the molecule is Cc1cccc(-n2cc(-c3ccc(Br)cc3)cn2)c1. The summed E-state index contributed by atoms with van der Waals surface area (Å²) < 4.78 is 2.99. The normalized spacial score (nSPS) is 10.6. The van der Waals surface area contributed by atoms with Crippen LogP contribution in [0.5, 0.6) is 0 Å². The second kappa shape index (κ2) is 5.02. The van der Waals surface area contributed by atoms with E-state index in [1.807, 2.05) is 29.1 Å². The van der Waals surface area contributed by atoms with Gasteiger partial charge in [0.1, 0.15) is 0 Å². The quantitative estimate of drug-likeness (QED) is 0.675. The van der Waals surface area contributed by atoms with Gasteiger partial charge in [-0.3, -0.25) is 0 Å². The van der Waals surface area contributed by atoms with Gasteiger partial charge in [-0.1, -0.05) is 40.2 Å². The zero-order valence-electron chi connectivity index (χ0n) is 10.5. The first-order chi connectivity index (χ1) is 9.22. The molecule has 0 radical (unpaired) electrons. The average Bonchev–Trinajstić information content (AvgIpc) is 2.89. The van der Waals surface area contributed by atoms with Crippen LogP contribution in [-0.4, -0.2) is 9.78 Å². The van der Waals surface area contributed by atoms with Gasteiger partial charge in [-0.05, 0) is 42.3 Å². The highest BCUT2D eigenvalue weighted by atomic mass is 79.9. The monoisotopic (exact) mass is 312 g/mol. The predicted molar refractivity (Wildman–Crippen MR) is 81.4 cm³/mol. The molecule has 2 nitrogen and oxygen atoms in total. The summed E-state index contributed by atoms with van der Waals surface area (Å²) in [5, 5.41) is 4.43. The van der Waals surface area contributed by atoms with Crippen molar-refractivity contribution < 1.29 is 0 Å². The van der Waals surface area contributed by atoms with Crippen LogP contribution in [0.25, 0.3) is 16.8 Å². The summed E-state index contributed by atoms with van der Waals surface area (Å²) in [6.45, 7) is 2.09. The molecule has 0 saturated carbocycles. The summed E-state index contributed by atoms with van der Waals surface area (Å²) in [5.74, 6) is 0. The van der Waals surface area contributed by atoms with E-state index in [2.05, 4.69) is 64.5 Å². The zero-order valence-corrected chi connectivity index (χ0v) is 12.1. The Hall–Kier alpha value is -1.87. The summed E-state index contributed by atoms with van der Waals surface area (Å²) in [6.07, 6.45) is 3.95. The second-order valence-corrected chi connectivity index (χ2v) is 5.44. The number of benzene rings is 2. The molecule has 0 saturated heterocycles. The van der Waals surface area contributed by atoms with Crippen molar-refractivity contribution in [2.24, 2.45) is 0 Å². The fourth-order valence-electron chi connectivity index (χ4n) is 2.03. The number of aromatic nitrogens is 2. The lowest BCUT2D eigenvalue weighted by Gasteiger charge is -2.02. The lowest BCUT2D eigenvalue weighted by molar-refractivity contribution is 0.879. The molecular formula is C16H13BrN2. The molecule has 0 spiro atoms. The maximum absolute atomic E-state index is 4.43. The average molecular weight is 313 g/mol. The minimum Gasteiger partial charge on any atom is -0.240 e. The fraction of sp³-hybridized carbons (Fsp3) is 0.0625. The molecule has 94 valence electrons. The Morgan fingerprint density at radius 3 is 2.53 bits per heavy atom. The summed E-state index contributed by atoms with van der Waals surface area (Å²) in [4.78, 5) is 0. The minimum atomic E-state index is 1.09. The summed E-state index contributed by atoms with van der Waals surface area (Å²) in [6, 6.07) is 16.6. The van der Waals surface area contributed by atoms with Crippen LogP contribution in [0.4, 0.5) is 0 Å². The van der Waals surface area contributed by atoms with Gasteiger partial charge >= 0.3 is 0 Å². The van der Waals surface area contributed by atoms with Gasteiger partial charge in [-0.15, -0.1) is 0 Å². The Bertz CT molecular complexity index is 699. The fourth-order valence-corrected chi connectivity index (χ4v) is 2.29. The third kappa shape index (κ3) is 2.61. The van der Waals surface area contributed by atoms with Gasteiger partial charge in [-0.2, -0.15) is 5.10 Å². The molecule has 3 heteroatoms. The molecule has 19 heavy (non-hydrogen) atoms. The number of aryl methyl sites for hydroxylation is 1. The van der Waals surface area contributed by atoms with Crippen LogP contribution < -0.4 is 0 Å². The van der Waals surface area contributed by atoms with Crippen molar-refractivity contribution in [3.05, 3.63) is 71.0 Å². The maximum atomic E-state index is 4.43. The number of hydrogen-bond donors (Lipinski definition) is 0. The highest BCUT2D eigenvalue weighted by Crippen LogP contribution is 2.22. The first-order valence-corrected chi connectivity index (χ1v) is 6.89. The van der Waals surface area contributed by atoms with Crippen LogP contribution >= 0.6 is 15.9 Å². The Kier molecular flexibility index (Phi) is 3.22. The largest absolute Gasteiger partial charge is 0.240 e. The molecule has 1 aromatic heterocycles. The standard InChI is InChI=1S/C16H13BrN2/c1-12-3-2-4-16(9-12)19-11-14(10-18-19)13-5-7-15(17)8-6-13/h2-11H,1H3. The van der Waals surface area contributed by atoms with Crippen molar-refractivity contribution in [3.63, 3.8) is 0 Å². The van der Waals surface area contributed by atoms with Crippen LogP contribution in [0.15, 0.2) is 65.4 Å². The molecular weight excluding hydrogens is 300 g/mol. The molecule has 0 atom stereocenters. The van der Waals surface area contributed by atoms with Gasteiger partial charge in [-0.25, -0.2) is 4.68 Å². The van der Waals surface area contributed by atoms with Crippen LogP contribution in [0, 0.1) is 6.92 Å². The molecule has 0 fully saturated rings. The van der Waals surface area contributed by atoms with Crippen molar-refractivity contribution in [1.29, 1.82) is 0 Å². The zero-order chi connectivity index (χ0) is 13.2. The highest BCUT2D eigenvalue weighted by molar-refractivity contribution is 9.10. The van der Waals surface area contributed by atoms with Gasteiger partial charge in [0.15, 0.2) is 0 Å². The van der Waals surface area contributed by atoms with E-state index < -0.39 is 0 Å².